The van der Waals surface area contributed by atoms with Crippen molar-refractivity contribution in [3.63, 3.8) is 0 Å². The molecule has 0 saturated carbocycles. The number of rotatable bonds is 5. The van der Waals surface area contributed by atoms with E-state index in [1.807, 2.05) is 17.5 Å². The molecule has 154 valence electrons. The third-order valence-electron chi connectivity index (χ3n) is 4.99. The van der Waals surface area contributed by atoms with Crippen molar-refractivity contribution in [3.05, 3.63) is 63.7 Å². The van der Waals surface area contributed by atoms with Crippen molar-refractivity contribution < 1.29 is 17.2 Å². The number of H-pyrrole nitrogens is 1. The Morgan fingerprint density at radius 1 is 1.17 bits per heavy atom. The summed E-state index contributed by atoms with van der Waals surface area (Å²) in [6.45, 7) is 0.470. The fourth-order valence-corrected chi connectivity index (χ4v) is 5.79. The number of nitrogens with zero attached hydrogens (tertiary/aromatic N) is 3. The second-order valence-corrected chi connectivity index (χ2v) is 9.75. The van der Waals surface area contributed by atoms with Gasteiger partial charge in [0.1, 0.15) is 22.5 Å². The van der Waals surface area contributed by atoms with Crippen molar-refractivity contribution in [2.24, 2.45) is 5.92 Å². The standard InChI is InChI=1S/C18H18F2N4O3S2/c19-13-9-14(20)11-15(10-13)29(26,27)23-5-3-12(4-6-23)8-16-21-22-18(25)24(16)17-2-1-7-28-17/h1-2,7,9-12H,3-6,8H2,(H,22,25). The van der Waals surface area contributed by atoms with Crippen molar-refractivity contribution >= 4 is 21.4 Å². The minimum absolute atomic E-state index is 0.139. The second kappa shape index (κ2) is 7.81. The number of nitrogens with one attached hydrogen (secondary N) is 1. The van der Waals surface area contributed by atoms with Gasteiger partial charge in [-0.15, -0.1) is 11.3 Å². The van der Waals surface area contributed by atoms with E-state index in [9.17, 15) is 22.0 Å². The van der Waals surface area contributed by atoms with Crippen LogP contribution in [0.1, 0.15) is 18.7 Å². The molecule has 0 unspecified atom stereocenters. The number of hydrogen-bond donors (Lipinski definition) is 1. The van der Waals surface area contributed by atoms with E-state index in [1.54, 1.807) is 0 Å². The summed E-state index contributed by atoms with van der Waals surface area (Å²) in [7, 11) is -3.96. The molecule has 29 heavy (non-hydrogen) atoms. The maximum atomic E-state index is 13.4. The Hall–Kier alpha value is -2.37. The molecule has 0 spiro atoms. The molecule has 0 radical (unpaired) electrons. The zero-order valence-corrected chi connectivity index (χ0v) is 16.8. The van der Waals surface area contributed by atoms with E-state index in [-0.39, 0.29) is 29.6 Å². The quantitative estimate of drug-likeness (QED) is 0.661. The molecule has 0 bridgehead atoms. The Morgan fingerprint density at radius 3 is 2.48 bits per heavy atom. The van der Waals surface area contributed by atoms with Crippen molar-refractivity contribution in [1.82, 2.24) is 19.1 Å². The predicted molar refractivity (Wildman–Crippen MR) is 104 cm³/mol. The Labute approximate surface area is 169 Å². The average molecular weight is 440 g/mol. The molecule has 2 aromatic heterocycles. The molecule has 1 N–H and O–H groups in total. The predicted octanol–water partition coefficient (Wildman–Crippen LogP) is 2.54. The topological polar surface area (TPSA) is 88.1 Å². The summed E-state index contributed by atoms with van der Waals surface area (Å²) in [6, 6.07) is 5.98. The van der Waals surface area contributed by atoms with Crippen LogP contribution in [-0.4, -0.2) is 40.6 Å². The molecule has 0 atom stereocenters. The smallest absolute Gasteiger partial charge is 0.246 e. The van der Waals surface area contributed by atoms with E-state index in [1.165, 1.54) is 20.2 Å². The van der Waals surface area contributed by atoms with Gasteiger partial charge >= 0.3 is 5.69 Å². The van der Waals surface area contributed by atoms with Crippen LogP contribution in [0.5, 0.6) is 0 Å². The molecule has 1 fully saturated rings. The highest BCUT2D eigenvalue weighted by Crippen LogP contribution is 2.27. The lowest BCUT2D eigenvalue weighted by atomic mass is 9.94. The zero-order valence-electron chi connectivity index (χ0n) is 15.2. The van der Waals surface area contributed by atoms with Crippen LogP contribution < -0.4 is 5.69 Å². The lowest BCUT2D eigenvalue weighted by Crippen LogP contribution is -2.39. The van der Waals surface area contributed by atoms with Crippen LogP contribution in [-0.2, 0) is 16.4 Å². The molecular formula is C18H18F2N4O3S2. The summed E-state index contributed by atoms with van der Waals surface area (Å²) in [5.74, 6) is -1.11. The van der Waals surface area contributed by atoms with Gasteiger partial charge in [0.2, 0.25) is 10.0 Å². The maximum Gasteiger partial charge on any atom is 0.348 e. The molecule has 0 aliphatic carbocycles. The van der Waals surface area contributed by atoms with Gasteiger partial charge in [-0.05, 0) is 48.4 Å². The van der Waals surface area contributed by atoms with Gasteiger partial charge in [-0.25, -0.2) is 31.7 Å². The number of halogens is 2. The number of sulfonamides is 1. The first-order valence-electron chi connectivity index (χ1n) is 9.01. The molecule has 1 aromatic carbocycles. The van der Waals surface area contributed by atoms with E-state index in [2.05, 4.69) is 10.2 Å². The summed E-state index contributed by atoms with van der Waals surface area (Å²) in [5, 5.41) is 9.23. The van der Waals surface area contributed by atoms with Crippen LogP contribution in [0.15, 0.2) is 45.4 Å². The number of thiophene rings is 1. The van der Waals surface area contributed by atoms with Crippen molar-refractivity contribution in [1.29, 1.82) is 0 Å². The highest BCUT2D eigenvalue weighted by atomic mass is 32.2. The van der Waals surface area contributed by atoms with Crippen LogP contribution >= 0.6 is 11.3 Å². The lowest BCUT2D eigenvalue weighted by Gasteiger charge is -2.31. The van der Waals surface area contributed by atoms with Crippen LogP contribution in [0.2, 0.25) is 0 Å². The SMILES string of the molecule is O=c1[nH]nc(CC2CCN(S(=O)(=O)c3cc(F)cc(F)c3)CC2)n1-c1cccs1. The lowest BCUT2D eigenvalue weighted by molar-refractivity contribution is 0.269. The van der Waals surface area contributed by atoms with Gasteiger partial charge in [0.05, 0.1) is 4.90 Å². The molecule has 4 rings (SSSR count). The fraction of sp³-hybridized carbons (Fsp3) is 0.333. The minimum atomic E-state index is -3.96. The van der Waals surface area contributed by atoms with Crippen molar-refractivity contribution in [2.45, 2.75) is 24.2 Å². The second-order valence-electron chi connectivity index (χ2n) is 6.89. The highest BCUT2D eigenvalue weighted by molar-refractivity contribution is 7.89. The first kappa shape index (κ1) is 19.9. The van der Waals surface area contributed by atoms with Gasteiger partial charge in [0.25, 0.3) is 0 Å². The van der Waals surface area contributed by atoms with Gasteiger partial charge < -0.3 is 0 Å². The van der Waals surface area contributed by atoms with E-state index in [0.717, 1.165) is 17.1 Å². The van der Waals surface area contributed by atoms with Gasteiger partial charge in [-0.3, -0.25) is 0 Å². The summed E-state index contributed by atoms with van der Waals surface area (Å²) in [6.07, 6.45) is 1.64. The van der Waals surface area contributed by atoms with Gasteiger partial charge in [-0.1, -0.05) is 0 Å². The Balaban J connectivity index is 1.46. The first-order chi connectivity index (χ1) is 13.8. The normalized spacial score (nSPS) is 16.3. The minimum Gasteiger partial charge on any atom is -0.246 e. The van der Waals surface area contributed by atoms with Crippen LogP contribution in [0, 0.1) is 17.6 Å². The van der Waals surface area contributed by atoms with Crippen LogP contribution in [0.25, 0.3) is 5.00 Å². The van der Waals surface area contributed by atoms with Crippen LogP contribution in [0.4, 0.5) is 8.78 Å². The van der Waals surface area contributed by atoms with Gasteiger partial charge in [0.15, 0.2) is 0 Å². The molecule has 3 heterocycles. The zero-order chi connectivity index (χ0) is 20.6. The van der Waals surface area contributed by atoms with Crippen molar-refractivity contribution in [2.75, 3.05) is 13.1 Å². The largest absolute Gasteiger partial charge is 0.348 e. The molecule has 1 saturated heterocycles. The third kappa shape index (κ3) is 4.02. The molecular weight excluding hydrogens is 422 g/mol. The van der Waals surface area contributed by atoms with E-state index in [4.69, 9.17) is 0 Å². The molecule has 1 aliphatic rings. The number of aromatic nitrogens is 3. The fourth-order valence-electron chi connectivity index (χ4n) is 3.53. The van der Waals surface area contributed by atoms with E-state index in [0.29, 0.717) is 31.2 Å². The molecule has 7 nitrogen and oxygen atoms in total. The summed E-state index contributed by atoms with van der Waals surface area (Å²) in [5.41, 5.74) is -0.310. The van der Waals surface area contributed by atoms with Crippen LogP contribution in [0.3, 0.4) is 0 Å². The van der Waals surface area contributed by atoms with E-state index >= 15 is 0 Å². The first-order valence-corrected chi connectivity index (χ1v) is 11.3. The number of piperidine rings is 1. The van der Waals surface area contributed by atoms with Gasteiger partial charge in [0, 0.05) is 25.6 Å². The summed E-state index contributed by atoms with van der Waals surface area (Å²) >= 11 is 1.43. The Bertz CT molecular complexity index is 1140. The molecule has 1 aliphatic heterocycles. The average Bonchev–Trinajstić information content (AvgIpc) is 3.31. The Morgan fingerprint density at radius 2 is 1.86 bits per heavy atom. The Kier molecular flexibility index (Phi) is 5.36. The maximum absolute atomic E-state index is 13.4. The third-order valence-corrected chi connectivity index (χ3v) is 7.72. The molecule has 3 aromatic rings. The molecule has 0 amide bonds. The summed E-state index contributed by atoms with van der Waals surface area (Å²) < 4.78 is 55.0. The highest BCUT2D eigenvalue weighted by Gasteiger charge is 2.31. The summed E-state index contributed by atoms with van der Waals surface area (Å²) in [4.78, 5) is 11.7. The van der Waals surface area contributed by atoms with Gasteiger partial charge in [-0.2, -0.15) is 9.40 Å². The van der Waals surface area contributed by atoms with E-state index < -0.39 is 21.7 Å². The monoisotopic (exact) mass is 440 g/mol. The number of benzene rings is 1. The molecule has 11 heteroatoms. The number of aromatic amines is 1. The van der Waals surface area contributed by atoms with Crippen molar-refractivity contribution in [3.8, 4) is 5.00 Å². The number of hydrogen-bond acceptors (Lipinski definition) is 5.